The van der Waals surface area contributed by atoms with Crippen molar-refractivity contribution < 1.29 is 13.9 Å². The van der Waals surface area contributed by atoms with Crippen molar-refractivity contribution >= 4 is 27.5 Å². The van der Waals surface area contributed by atoms with Crippen LogP contribution in [0, 0.1) is 5.82 Å². The Kier molecular flexibility index (Phi) is 3.07. The highest BCUT2D eigenvalue weighted by Crippen LogP contribution is 2.36. The smallest absolute Gasteiger partial charge is 0.188 e. The van der Waals surface area contributed by atoms with Gasteiger partial charge in [-0.15, -0.1) is 0 Å². The minimum absolute atomic E-state index is 0.263. The number of halogens is 3. The van der Waals surface area contributed by atoms with E-state index in [1.54, 1.807) is 6.07 Å². The Morgan fingerprint density at radius 1 is 1.36 bits per heavy atom. The second kappa shape index (κ2) is 4.14. The second-order valence-corrected chi connectivity index (χ2v) is 4.06. The average Bonchev–Trinajstić information content (AvgIpc) is 2.65. The summed E-state index contributed by atoms with van der Waals surface area (Å²) in [5, 5.41) is 0.303. The first-order chi connectivity index (χ1) is 6.70. The predicted molar refractivity (Wildman–Crippen MR) is 53.8 cm³/mol. The highest BCUT2D eigenvalue weighted by Gasteiger charge is 2.25. The van der Waals surface area contributed by atoms with Crippen molar-refractivity contribution in [2.24, 2.45) is 0 Å². The second-order valence-electron chi connectivity index (χ2n) is 2.83. The monoisotopic (exact) mass is 280 g/mol. The summed E-state index contributed by atoms with van der Waals surface area (Å²) in [4.78, 5) is 0. The average molecular weight is 282 g/mol. The Morgan fingerprint density at radius 2 is 2.00 bits per heavy atom. The van der Waals surface area contributed by atoms with Crippen LogP contribution in [0.2, 0.25) is 5.02 Å². The summed E-state index contributed by atoms with van der Waals surface area (Å²) >= 11 is 9.15. The van der Waals surface area contributed by atoms with E-state index in [2.05, 4.69) is 15.9 Å². The van der Waals surface area contributed by atoms with E-state index in [0.29, 0.717) is 22.7 Å². The Hall–Kier alpha value is -0.160. The zero-order valence-corrected chi connectivity index (χ0v) is 9.44. The molecule has 1 aliphatic rings. The van der Waals surface area contributed by atoms with E-state index in [1.165, 1.54) is 6.07 Å². The van der Waals surface area contributed by atoms with Gasteiger partial charge in [-0.05, 0) is 28.1 Å². The van der Waals surface area contributed by atoms with Crippen molar-refractivity contribution in [3.8, 4) is 0 Å². The third kappa shape index (κ3) is 1.80. The van der Waals surface area contributed by atoms with Gasteiger partial charge >= 0.3 is 0 Å². The lowest BCUT2D eigenvalue weighted by Crippen LogP contribution is -2.02. The van der Waals surface area contributed by atoms with Gasteiger partial charge < -0.3 is 9.47 Å². The summed E-state index contributed by atoms with van der Waals surface area (Å²) in [6.45, 7) is 0.930. The normalized spacial score (nSPS) is 17.6. The first-order valence-corrected chi connectivity index (χ1v) is 5.24. The van der Waals surface area contributed by atoms with Gasteiger partial charge in [-0.2, -0.15) is 0 Å². The summed E-state index contributed by atoms with van der Waals surface area (Å²) in [5.41, 5.74) is 0.263. The molecule has 0 saturated carbocycles. The molecule has 0 N–H and O–H groups in total. The van der Waals surface area contributed by atoms with Crippen LogP contribution in [0.4, 0.5) is 4.39 Å². The molecule has 0 aromatic heterocycles. The molecule has 1 aliphatic heterocycles. The molecule has 76 valence electrons. The van der Waals surface area contributed by atoms with Crippen LogP contribution < -0.4 is 0 Å². The SMILES string of the molecule is Fc1ccc(Br)c(Cl)c1C1OCCO1. The number of hydrogen-bond donors (Lipinski definition) is 0. The fourth-order valence-corrected chi connectivity index (χ4v) is 1.87. The van der Waals surface area contributed by atoms with Crippen LogP contribution >= 0.6 is 27.5 Å². The van der Waals surface area contributed by atoms with Crippen LogP contribution in [0.5, 0.6) is 0 Å². The fourth-order valence-electron chi connectivity index (χ4n) is 1.28. The highest BCUT2D eigenvalue weighted by atomic mass is 79.9. The standard InChI is InChI=1S/C9H7BrClFO2/c10-5-1-2-6(12)7(8(5)11)9-13-3-4-14-9/h1-2,9H,3-4H2. The van der Waals surface area contributed by atoms with Gasteiger partial charge in [-0.25, -0.2) is 4.39 Å². The first kappa shape index (κ1) is 10.4. The van der Waals surface area contributed by atoms with E-state index in [9.17, 15) is 4.39 Å². The predicted octanol–water partition coefficient (Wildman–Crippen LogP) is 3.29. The van der Waals surface area contributed by atoms with Gasteiger partial charge in [0.2, 0.25) is 0 Å². The Labute approximate surface area is 94.1 Å². The molecule has 0 radical (unpaired) electrons. The van der Waals surface area contributed by atoms with Crippen LogP contribution in [-0.4, -0.2) is 13.2 Å². The van der Waals surface area contributed by atoms with Gasteiger partial charge in [0.25, 0.3) is 0 Å². The van der Waals surface area contributed by atoms with Crippen LogP contribution in [-0.2, 0) is 9.47 Å². The molecule has 2 nitrogen and oxygen atoms in total. The third-order valence-electron chi connectivity index (χ3n) is 1.94. The lowest BCUT2D eigenvalue weighted by Gasteiger charge is -2.12. The largest absolute Gasteiger partial charge is 0.346 e. The molecular formula is C9H7BrClFO2. The summed E-state index contributed by atoms with van der Waals surface area (Å²) in [6.07, 6.45) is -0.681. The molecule has 2 rings (SSSR count). The quantitative estimate of drug-likeness (QED) is 0.736. The third-order valence-corrected chi connectivity index (χ3v) is 3.23. The van der Waals surface area contributed by atoms with Gasteiger partial charge in [0, 0.05) is 4.47 Å². The molecular weight excluding hydrogens is 274 g/mol. The maximum atomic E-state index is 13.4. The van der Waals surface area contributed by atoms with Crippen molar-refractivity contribution in [1.82, 2.24) is 0 Å². The Balaban J connectivity index is 2.44. The van der Waals surface area contributed by atoms with Gasteiger partial charge in [0.05, 0.1) is 23.8 Å². The molecule has 1 aromatic carbocycles. The summed E-state index contributed by atoms with van der Waals surface area (Å²) < 4.78 is 24.4. The van der Waals surface area contributed by atoms with Gasteiger partial charge in [0.15, 0.2) is 6.29 Å². The van der Waals surface area contributed by atoms with E-state index >= 15 is 0 Å². The lowest BCUT2D eigenvalue weighted by atomic mass is 10.2. The maximum Gasteiger partial charge on any atom is 0.188 e. The molecule has 0 atom stereocenters. The van der Waals surface area contributed by atoms with E-state index in [1.807, 2.05) is 0 Å². The Bertz CT molecular complexity index is 353. The van der Waals surface area contributed by atoms with Crippen molar-refractivity contribution in [3.05, 3.63) is 33.0 Å². The molecule has 14 heavy (non-hydrogen) atoms. The minimum atomic E-state index is -0.681. The molecule has 0 amide bonds. The van der Waals surface area contributed by atoms with E-state index in [-0.39, 0.29) is 5.56 Å². The molecule has 0 bridgehead atoms. The zero-order valence-electron chi connectivity index (χ0n) is 7.10. The topological polar surface area (TPSA) is 18.5 Å². The van der Waals surface area contributed by atoms with Gasteiger partial charge in [-0.3, -0.25) is 0 Å². The van der Waals surface area contributed by atoms with Gasteiger partial charge in [0.1, 0.15) is 5.82 Å². The highest BCUT2D eigenvalue weighted by molar-refractivity contribution is 9.10. The molecule has 1 fully saturated rings. The van der Waals surface area contributed by atoms with Crippen molar-refractivity contribution in [2.75, 3.05) is 13.2 Å². The molecule has 0 unspecified atom stereocenters. The van der Waals surface area contributed by atoms with Crippen molar-refractivity contribution in [2.45, 2.75) is 6.29 Å². The van der Waals surface area contributed by atoms with Crippen LogP contribution in [0.15, 0.2) is 16.6 Å². The summed E-state index contributed by atoms with van der Waals surface area (Å²) in [6, 6.07) is 2.88. The van der Waals surface area contributed by atoms with E-state index < -0.39 is 12.1 Å². The summed E-state index contributed by atoms with van der Waals surface area (Å²) in [7, 11) is 0. The molecule has 1 heterocycles. The molecule has 0 aliphatic carbocycles. The van der Waals surface area contributed by atoms with Crippen LogP contribution in [0.25, 0.3) is 0 Å². The fraction of sp³-hybridized carbons (Fsp3) is 0.333. The zero-order chi connectivity index (χ0) is 10.1. The number of rotatable bonds is 1. The molecule has 5 heteroatoms. The number of ether oxygens (including phenoxy) is 2. The van der Waals surface area contributed by atoms with Crippen LogP contribution in [0.1, 0.15) is 11.9 Å². The molecule has 1 saturated heterocycles. The van der Waals surface area contributed by atoms with Crippen molar-refractivity contribution in [3.63, 3.8) is 0 Å². The Morgan fingerprint density at radius 3 is 2.64 bits per heavy atom. The van der Waals surface area contributed by atoms with Gasteiger partial charge in [-0.1, -0.05) is 11.6 Å². The van der Waals surface area contributed by atoms with Crippen LogP contribution in [0.3, 0.4) is 0 Å². The number of benzene rings is 1. The first-order valence-electron chi connectivity index (χ1n) is 4.07. The van der Waals surface area contributed by atoms with E-state index in [4.69, 9.17) is 21.1 Å². The number of hydrogen-bond acceptors (Lipinski definition) is 2. The summed E-state index contributed by atoms with van der Waals surface area (Å²) in [5.74, 6) is -0.412. The lowest BCUT2D eigenvalue weighted by molar-refractivity contribution is -0.0464. The maximum absolute atomic E-state index is 13.4. The molecule has 1 aromatic rings. The minimum Gasteiger partial charge on any atom is -0.346 e. The van der Waals surface area contributed by atoms with Crippen molar-refractivity contribution in [1.29, 1.82) is 0 Å². The van der Waals surface area contributed by atoms with E-state index in [0.717, 1.165) is 0 Å². The molecule has 0 spiro atoms.